The van der Waals surface area contributed by atoms with Crippen molar-refractivity contribution >= 4 is 5.97 Å². The van der Waals surface area contributed by atoms with Crippen molar-refractivity contribution in [1.82, 2.24) is 0 Å². The highest BCUT2D eigenvalue weighted by Gasteiger charge is 2.53. The molecule has 0 aliphatic heterocycles. The van der Waals surface area contributed by atoms with Crippen LogP contribution in [0.25, 0.3) is 0 Å². The topological polar surface area (TPSA) is 66.8 Å². The summed E-state index contributed by atoms with van der Waals surface area (Å²) in [6, 6.07) is 0. The second-order valence-electron chi connectivity index (χ2n) is 9.42. The van der Waals surface area contributed by atoms with E-state index in [0.717, 1.165) is 31.3 Å². The number of hydrogen-bond acceptors (Lipinski definition) is 4. The normalized spacial score (nSPS) is 36.1. The molecule has 0 radical (unpaired) electrons. The van der Waals surface area contributed by atoms with E-state index in [4.69, 9.17) is 4.74 Å². The predicted octanol–water partition coefficient (Wildman–Crippen LogP) is 4.16. The molecule has 0 spiro atoms. The first-order chi connectivity index (χ1) is 11.9. The standard InChI is InChI=1S/C22H36O4/c1-8-21(6,25)12-13-22(7)14(2)18(24)19(26-15(3)23)17-16(22)10-9-11-20(17,4)5/h8,14,18-19,24-25H,1,9-13H2,2-7H3. The Hall–Kier alpha value is -1.13. The van der Waals surface area contributed by atoms with E-state index in [9.17, 15) is 15.0 Å². The van der Waals surface area contributed by atoms with Crippen LogP contribution in [0.3, 0.4) is 0 Å². The molecular formula is C22H36O4. The van der Waals surface area contributed by atoms with Crippen LogP contribution in [0.2, 0.25) is 0 Å². The van der Waals surface area contributed by atoms with Crippen molar-refractivity contribution in [3.8, 4) is 0 Å². The summed E-state index contributed by atoms with van der Waals surface area (Å²) in [6.07, 6.45) is 4.68. The molecule has 0 aromatic rings. The van der Waals surface area contributed by atoms with Gasteiger partial charge in [0.15, 0.2) is 0 Å². The van der Waals surface area contributed by atoms with E-state index >= 15 is 0 Å². The van der Waals surface area contributed by atoms with Crippen LogP contribution in [-0.2, 0) is 9.53 Å². The van der Waals surface area contributed by atoms with Gasteiger partial charge in [0.25, 0.3) is 0 Å². The average molecular weight is 365 g/mol. The van der Waals surface area contributed by atoms with E-state index in [0.29, 0.717) is 6.42 Å². The lowest BCUT2D eigenvalue weighted by Gasteiger charge is -2.54. The van der Waals surface area contributed by atoms with Crippen molar-refractivity contribution in [2.45, 2.75) is 91.5 Å². The molecule has 2 aliphatic rings. The van der Waals surface area contributed by atoms with Crippen LogP contribution in [0.1, 0.15) is 73.6 Å². The Labute approximate surface area is 158 Å². The molecule has 0 fully saturated rings. The number of carbonyl (C=O) groups excluding carboxylic acids is 1. The third-order valence-electron chi connectivity index (χ3n) is 6.97. The van der Waals surface area contributed by atoms with E-state index in [1.807, 2.05) is 6.92 Å². The number of esters is 1. The van der Waals surface area contributed by atoms with Crippen LogP contribution < -0.4 is 0 Å². The summed E-state index contributed by atoms with van der Waals surface area (Å²) in [7, 11) is 0. The number of ether oxygens (including phenoxy) is 1. The van der Waals surface area contributed by atoms with E-state index < -0.39 is 17.8 Å². The highest BCUT2D eigenvalue weighted by atomic mass is 16.6. The number of allylic oxidation sites excluding steroid dienone is 1. The van der Waals surface area contributed by atoms with Gasteiger partial charge in [0.2, 0.25) is 0 Å². The quantitative estimate of drug-likeness (QED) is 0.568. The van der Waals surface area contributed by atoms with Gasteiger partial charge in [0.1, 0.15) is 6.10 Å². The molecule has 26 heavy (non-hydrogen) atoms. The number of carbonyl (C=O) groups is 1. The van der Waals surface area contributed by atoms with Crippen LogP contribution in [0.5, 0.6) is 0 Å². The number of hydrogen-bond donors (Lipinski definition) is 2. The van der Waals surface area contributed by atoms with Crippen molar-refractivity contribution in [3.63, 3.8) is 0 Å². The van der Waals surface area contributed by atoms with Gasteiger partial charge in [-0.3, -0.25) is 4.79 Å². The molecule has 2 rings (SSSR count). The molecular weight excluding hydrogens is 328 g/mol. The number of aliphatic hydroxyl groups is 2. The Bertz CT molecular complexity index is 601. The smallest absolute Gasteiger partial charge is 0.303 e. The monoisotopic (exact) mass is 364 g/mol. The third-order valence-corrected chi connectivity index (χ3v) is 6.97. The van der Waals surface area contributed by atoms with E-state index in [2.05, 4.69) is 27.4 Å². The Balaban J connectivity index is 2.54. The maximum atomic E-state index is 11.7. The van der Waals surface area contributed by atoms with Crippen LogP contribution in [0, 0.1) is 16.7 Å². The molecule has 4 heteroatoms. The maximum Gasteiger partial charge on any atom is 0.303 e. The summed E-state index contributed by atoms with van der Waals surface area (Å²) >= 11 is 0. The van der Waals surface area contributed by atoms with Crippen LogP contribution >= 0.6 is 0 Å². The Morgan fingerprint density at radius 2 is 2.04 bits per heavy atom. The van der Waals surface area contributed by atoms with Crippen molar-refractivity contribution in [1.29, 1.82) is 0 Å². The summed E-state index contributed by atoms with van der Waals surface area (Å²) in [6.45, 7) is 15.5. The van der Waals surface area contributed by atoms with Crippen LogP contribution in [0.4, 0.5) is 0 Å². The highest BCUT2D eigenvalue weighted by Crippen LogP contribution is 2.57. The summed E-state index contributed by atoms with van der Waals surface area (Å²) in [5, 5.41) is 21.5. The summed E-state index contributed by atoms with van der Waals surface area (Å²) < 4.78 is 5.63. The fourth-order valence-electron chi connectivity index (χ4n) is 4.92. The number of aliphatic hydroxyl groups excluding tert-OH is 1. The van der Waals surface area contributed by atoms with Gasteiger partial charge in [0.05, 0.1) is 11.7 Å². The number of rotatable bonds is 5. The molecule has 0 saturated carbocycles. The second kappa shape index (κ2) is 7.12. The maximum absolute atomic E-state index is 11.7. The first-order valence-electron chi connectivity index (χ1n) is 9.81. The molecule has 0 amide bonds. The minimum absolute atomic E-state index is 0.0693. The van der Waals surface area contributed by atoms with Gasteiger partial charge in [0, 0.05) is 6.92 Å². The molecule has 0 saturated heterocycles. The average Bonchev–Trinajstić information content (AvgIpc) is 2.54. The van der Waals surface area contributed by atoms with Crippen molar-refractivity contribution in [2.75, 3.05) is 0 Å². The predicted molar refractivity (Wildman–Crippen MR) is 104 cm³/mol. The first-order valence-corrected chi connectivity index (χ1v) is 9.81. The van der Waals surface area contributed by atoms with Gasteiger partial charge < -0.3 is 14.9 Å². The molecule has 0 aromatic carbocycles. The van der Waals surface area contributed by atoms with E-state index in [-0.39, 0.29) is 22.7 Å². The molecule has 0 bridgehead atoms. The van der Waals surface area contributed by atoms with Gasteiger partial charge in [-0.05, 0) is 61.3 Å². The van der Waals surface area contributed by atoms with E-state index in [1.54, 1.807) is 13.0 Å². The Morgan fingerprint density at radius 3 is 2.58 bits per heavy atom. The first kappa shape index (κ1) is 21.2. The van der Waals surface area contributed by atoms with Crippen LogP contribution in [0.15, 0.2) is 23.8 Å². The van der Waals surface area contributed by atoms with Gasteiger partial charge in [-0.25, -0.2) is 0 Å². The lowest BCUT2D eigenvalue weighted by Crippen LogP contribution is -2.53. The van der Waals surface area contributed by atoms with Crippen molar-refractivity contribution < 1.29 is 19.7 Å². The molecule has 0 heterocycles. The molecule has 0 aromatic heterocycles. The van der Waals surface area contributed by atoms with Crippen molar-refractivity contribution in [3.05, 3.63) is 23.8 Å². The Morgan fingerprint density at radius 1 is 1.42 bits per heavy atom. The molecule has 2 aliphatic carbocycles. The highest BCUT2D eigenvalue weighted by molar-refractivity contribution is 5.67. The molecule has 2 N–H and O–H groups in total. The van der Waals surface area contributed by atoms with Crippen LogP contribution in [-0.4, -0.2) is 34.0 Å². The SMILES string of the molecule is C=CC(C)(O)CCC1(C)C2=C(C(OC(C)=O)C(O)C1C)C(C)(C)CCC2. The second-order valence-corrected chi connectivity index (χ2v) is 9.42. The third kappa shape index (κ3) is 3.77. The lowest BCUT2D eigenvalue weighted by atomic mass is 9.53. The Kier molecular flexibility index (Phi) is 5.80. The summed E-state index contributed by atoms with van der Waals surface area (Å²) in [5.74, 6) is -0.423. The lowest BCUT2D eigenvalue weighted by molar-refractivity contribution is -0.156. The fourth-order valence-corrected chi connectivity index (χ4v) is 4.92. The zero-order chi connectivity index (χ0) is 19.9. The zero-order valence-corrected chi connectivity index (χ0v) is 17.3. The molecule has 5 unspecified atom stereocenters. The van der Waals surface area contributed by atoms with Gasteiger partial charge in [-0.1, -0.05) is 39.3 Å². The largest absolute Gasteiger partial charge is 0.455 e. The zero-order valence-electron chi connectivity index (χ0n) is 17.3. The molecule has 148 valence electrons. The van der Waals surface area contributed by atoms with Crippen molar-refractivity contribution in [2.24, 2.45) is 16.7 Å². The van der Waals surface area contributed by atoms with Gasteiger partial charge in [-0.2, -0.15) is 0 Å². The summed E-state index contributed by atoms with van der Waals surface area (Å²) in [4.78, 5) is 11.7. The molecule has 4 nitrogen and oxygen atoms in total. The van der Waals surface area contributed by atoms with E-state index in [1.165, 1.54) is 12.5 Å². The minimum Gasteiger partial charge on any atom is -0.455 e. The fraction of sp³-hybridized carbons (Fsp3) is 0.773. The minimum atomic E-state index is -0.925. The van der Waals surface area contributed by atoms with Gasteiger partial charge in [-0.15, -0.1) is 6.58 Å². The van der Waals surface area contributed by atoms with Gasteiger partial charge >= 0.3 is 5.97 Å². The molecule has 5 atom stereocenters. The summed E-state index contributed by atoms with van der Waals surface area (Å²) in [5.41, 5.74) is 1.14.